The average molecular weight is 263 g/mol. The summed E-state index contributed by atoms with van der Waals surface area (Å²) in [5.41, 5.74) is 7.13. The van der Waals surface area contributed by atoms with E-state index in [0.29, 0.717) is 23.4 Å². The summed E-state index contributed by atoms with van der Waals surface area (Å²) in [6.45, 7) is 0.841. The lowest BCUT2D eigenvalue weighted by Crippen LogP contribution is -2.06. The maximum atomic E-state index is 13.9. The van der Waals surface area contributed by atoms with Gasteiger partial charge in [0.25, 0.3) is 0 Å². The molecule has 1 heterocycles. The van der Waals surface area contributed by atoms with Crippen molar-refractivity contribution in [2.24, 2.45) is 0 Å². The van der Waals surface area contributed by atoms with Crippen molar-refractivity contribution in [1.82, 2.24) is 4.98 Å². The Hall–Kier alpha value is -1.88. The molecule has 4 N–H and O–H groups in total. The molecule has 4 nitrogen and oxygen atoms in total. The van der Waals surface area contributed by atoms with E-state index in [2.05, 4.69) is 10.3 Å². The fraction of sp³-hybridized carbons (Fsp3) is 0.357. The molecule has 0 atom stereocenters. The number of unbranched alkanes of at least 4 members (excludes halogenated alkanes) is 2. The molecule has 0 amide bonds. The molecule has 0 aliphatic rings. The Balaban J connectivity index is 2.18. The molecule has 19 heavy (non-hydrogen) atoms. The molecule has 0 saturated carbocycles. The zero-order valence-electron chi connectivity index (χ0n) is 10.7. The number of rotatable bonds is 6. The van der Waals surface area contributed by atoms with Crippen molar-refractivity contribution in [3.05, 3.63) is 30.2 Å². The Bertz CT molecular complexity index is 560. The average Bonchev–Trinajstić information content (AvgIpc) is 2.42. The number of fused-ring (bicyclic) bond motifs is 1. The minimum Gasteiger partial charge on any atom is -0.398 e. The van der Waals surface area contributed by atoms with Crippen LogP contribution in [0, 0.1) is 5.82 Å². The van der Waals surface area contributed by atoms with Crippen LogP contribution >= 0.6 is 0 Å². The van der Waals surface area contributed by atoms with Crippen LogP contribution in [0.4, 0.5) is 15.8 Å². The predicted octanol–water partition coefficient (Wildman–Crippen LogP) is 2.53. The summed E-state index contributed by atoms with van der Waals surface area (Å²) in [6, 6.07) is 4.93. The highest BCUT2D eigenvalue weighted by molar-refractivity contribution is 5.98. The quantitative estimate of drug-likeness (QED) is 0.553. The van der Waals surface area contributed by atoms with E-state index in [9.17, 15) is 4.39 Å². The van der Waals surface area contributed by atoms with Gasteiger partial charge in [0.2, 0.25) is 0 Å². The maximum absolute atomic E-state index is 13.9. The molecule has 0 fully saturated rings. The number of nitrogen functional groups attached to an aromatic ring is 1. The Morgan fingerprint density at radius 1 is 1.32 bits per heavy atom. The van der Waals surface area contributed by atoms with Gasteiger partial charge in [-0.2, -0.15) is 0 Å². The van der Waals surface area contributed by atoms with E-state index < -0.39 is 0 Å². The highest BCUT2D eigenvalue weighted by Gasteiger charge is 2.11. The molecule has 2 aromatic rings. The molecule has 0 spiro atoms. The first kappa shape index (κ1) is 13.5. The topological polar surface area (TPSA) is 71.2 Å². The molecule has 0 bridgehead atoms. The Kier molecular flexibility index (Phi) is 4.52. The first-order chi connectivity index (χ1) is 9.24. The van der Waals surface area contributed by atoms with E-state index >= 15 is 0 Å². The van der Waals surface area contributed by atoms with Crippen molar-refractivity contribution in [3.63, 3.8) is 0 Å². The van der Waals surface area contributed by atoms with Crippen LogP contribution in [0.1, 0.15) is 19.3 Å². The third kappa shape index (κ3) is 3.12. The van der Waals surface area contributed by atoms with E-state index in [1.165, 1.54) is 6.07 Å². The molecule has 2 rings (SSSR count). The zero-order valence-corrected chi connectivity index (χ0v) is 10.7. The molecular weight excluding hydrogens is 245 g/mol. The molecule has 5 heteroatoms. The van der Waals surface area contributed by atoms with Crippen molar-refractivity contribution >= 4 is 22.3 Å². The lowest BCUT2D eigenvalue weighted by atomic mass is 10.1. The second-order valence-electron chi connectivity index (χ2n) is 4.43. The van der Waals surface area contributed by atoms with E-state index in [1.54, 1.807) is 12.3 Å². The SMILES string of the molecule is Nc1cc(F)c(NCCCCCO)c2ncccc12. The molecule has 0 radical (unpaired) electrons. The fourth-order valence-electron chi connectivity index (χ4n) is 2.03. The van der Waals surface area contributed by atoms with E-state index in [0.717, 1.165) is 24.6 Å². The van der Waals surface area contributed by atoms with Crippen molar-refractivity contribution < 1.29 is 9.50 Å². The van der Waals surface area contributed by atoms with Crippen LogP contribution in [0.25, 0.3) is 10.9 Å². The fourth-order valence-corrected chi connectivity index (χ4v) is 2.03. The Morgan fingerprint density at radius 3 is 2.95 bits per heavy atom. The van der Waals surface area contributed by atoms with Crippen molar-refractivity contribution in [3.8, 4) is 0 Å². The number of halogens is 1. The summed E-state index contributed by atoms with van der Waals surface area (Å²) in [5.74, 6) is -0.383. The van der Waals surface area contributed by atoms with Crippen LogP contribution in [-0.4, -0.2) is 23.2 Å². The van der Waals surface area contributed by atoms with Crippen molar-refractivity contribution in [2.75, 3.05) is 24.2 Å². The van der Waals surface area contributed by atoms with Gasteiger partial charge in [-0.15, -0.1) is 0 Å². The molecule has 102 valence electrons. The van der Waals surface area contributed by atoms with Gasteiger partial charge in [-0.05, 0) is 37.5 Å². The van der Waals surface area contributed by atoms with Gasteiger partial charge >= 0.3 is 0 Å². The minimum absolute atomic E-state index is 0.195. The number of anilines is 2. The smallest absolute Gasteiger partial charge is 0.150 e. The van der Waals surface area contributed by atoms with Gasteiger partial charge in [0.1, 0.15) is 0 Å². The lowest BCUT2D eigenvalue weighted by molar-refractivity contribution is 0.283. The number of nitrogens with one attached hydrogen (secondary N) is 1. The van der Waals surface area contributed by atoms with Crippen LogP contribution in [0.2, 0.25) is 0 Å². The van der Waals surface area contributed by atoms with Gasteiger partial charge in [-0.1, -0.05) is 0 Å². The van der Waals surface area contributed by atoms with Crippen LogP contribution < -0.4 is 11.1 Å². The van der Waals surface area contributed by atoms with Crippen LogP contribution in [0.15, 0.2) is 24.4 Å². The molecule has 1 aromatic carbocycles. The van der Waals surface area contributed by atoms with Gasteiger partial charge in [0.15, 0.2) is 5.82 Å². The van der Waals surface area contributed by atoms with Crippen LogP contribution in [0.3, 0.4) is 0 Å². The summed E-state index contributed by atoms with van der Waals surface area (Å²) < 4.78 is 13.9. The first-order valence-electron chi connectivity index (χ1n) is 6.41. The molecule has 0 aliphatic heterocycles. The monoisotopic (exact) mass is 263 g/mol. The number of nitrogens with two attached hydrogens (primary N) is 1. The summed E-state index contributed by atoms with van der Waals surface area (Å²) >= 11 is 0. The zero-order chi connectivity index (χ0) is 13.7. The highest BCUT2D eigenvalue weighted by Crippen LogP contribution is 2.29. The highest BCUT2D eigenvalue weighted by atomic mass is 19.1. The summed E-state index contributed by atoms with van der Waals surface area (Å²) in [5, 5.41) is 12.5. The number of aliphatic hydroxyl groups excluding tert-OH is 1. The van der Waals surface area contributed by atoms with Gasteiger partial charge in [-0.3, -0.25) is 4.98 Å². The predicted molar refractivity (Wildman–Crippen MR) is 75.5 cm³/mol. The molecule has 0 aliphatic carbocycles. The van der Waals surface area contributed by atoms with Crippen LogP contribution in [0.5, 0.6) is 0 Å². The third-order valence-electron chi connectivity index (χ3n) is 3.01. The summed E-state index contributed by atoms with van der Waals surface area (Å²) in [7, 11) is 0. The van der Waals surface area contributed by atoms with E-state index in [-0.39, 0.29) is 12.4 Å². The van der Waals surface area contributed by atoms with Crippen LogP contribution in [-0.2, 0) is 0 Å². The van der Waals surface area contributed by atoms with Gasteiger partial charge < -0.3 is 16.2 Å². The number of aliphatic hydroxyl groups is 1. The number of benzene rings is 1. The summed E-state index contributed by atoms with van der Waals surface area (Å²) in [6.07, 6.45) is 4.17. The van der Waals surface area contributed by atoms with Gasteiger partial charge in [0.05, 0.1) is 11.2 Å². The normalized spacial score (nSPS) is 10.8. The standard InChI is InChI=1S/C14H18FN3O/c15-11-9-12(16)10-5-4-7-17-13(10)14(11)18-6-2-1-3-8-19/h4-5,7,9,18-19H,1-3,6,8,16H2. The van der Waals surface area contributed by atoms with Gasteiger partial charge in [0, 0.05) is 30.4 Å². The number of pyridine rings is 1. The third-order valence-corrected chi connectivity index (χ3v) is 3.01. The second kappa shape index (κ2) is 6.33. The number of nitrogens with zero attached hydrogens (tertiary/aromatic N) is 1. The minimum atomic E-state index is -0.383. The molecule has 1 aromatic heterocycles. The summed E-state index contributed by atoms with van der Waals surface area (Å²) in [4.78, 5) is 4.20. The molecule has 0 unspecified atom stereocenters. The molecule has 0 saturated heterocycles. The lowest BCUT2D eigenvalue weighted by Gasteiger charge is -2.11. The van der Waals surface area contributed by atoms with E-state index in [1.807, 2.05) is 6.07 Å². The van der Waals surface area contributed by atoms with Crippen molar-refractivity contribution in [1.29, 1.82) is 0 Å². The van der Waals surface area contributed by atoms with Crippen molar-refractivity contribution in [2.45, 2.75) is 19.3 Å². The largest absolute Gasteiger partial charge is 0.398 e. The van der Waals surface area contributed by atoms with Gasteiger partial charge in [-0.25, -0.2) is 4.39 Å². The number of hydrogen-bond donors (Lipinski definition) is 3. The second-order valence-corrected chi connectivity index (χ2v) is 4.43. The number of hydrogen-bond acceptors (Lipinski definition) is 4. The Labute approximate surface area is 111 Å². The number of aromatic nitrogens is 1. The Morgan fingerprint density at radius 2 is 2.16 bits per heavy atom. The maximum Gasteiger partial charge on any atom is 0.150 e. The first-order valence-corrected chi connectivity index (χ1v) is 6.41. The van der Waals surface area contributed by atoms with E-state index in [4.69, 9.17) is 10.8 Å². The molecular formula is C14H18FN3O.